The largest absolute Gasteiger partial charge is 0.481 e. The average Bonchev–Trinajstić information content (AvgIpc) is 2.15. The second-order valence-electron chi connectivity index (χ2n) is 2.81. The van der Waals surface area contributed by atoms with E-state index < -0.39 is 35.4 Å². The summed E-state index contributed by atoms with van der Waals surface area (Å²) < 4.78 is 66.3. The van der Waals surface area contributed by atoms with Crippen molar-refractivity contribution >= 4 is 5.69 Å². The van der Waals surface area contributed by atoms with Crippen molar-refractivity contribution in [1.29, 1.82) is 0 Å². The Bertz CT molecular complexity index is 391. The van der Waals surface area contributed by atoms with Crippen LogP contribution >= 0.6 is 0 Å². The molecule has 0 saturated carbocycles. The molecule has 8 heteroatoms. The van der Waals surface area contributed by atoms with Gasteiger partial charge in [-0.15, -0.1) is 0 Å². The Morgan fingerprint density at radius 3 is 2.31 bits per heavy atom. The minimum atomic E-state index is -4.83. The van der Waals surface area contributed by atoms with E-state index in [1.807, 2.05) is 0 Å². The van der Waals surface area contributed by atoms with Crippen LogP contribution in [0, 0.1) is 0 Å². The van der Waals surface area contributed by atoms with E-state index in [1.165, 1.54) is 0 Å². The Morgan fingerprint density at radius 1 is 1.38 bits per heavy atom. The fraction of sp³-hybridized carbons (Fsp3) is 0.375. The number of nitrogens with two attached hydrogens (primary N) is 1. The Labute approximate surface area is 87.0 Å². The molecule has 0 saturated heterocycles. The van der Waals surface area contributed by atoms with Crippen molar-refractivity contribution in [2.45, 2.75) is 12.6 Å². The minimum Gasteiger partial charge on any atom is -0.481 e. The molecule has 0 atom stereocenters. The van der Waals surface area contributed by atoms with E-state index in [-0.39, 0.29) is 0 Å². The summed E-state index contributed by atoms with van der Waals surface area (Å²) in [6.45, 7) is 0. The summed E-state index contributed by atoms with van der Waals surface area (Å²) in [7, 11) is 1.02. The minimum absolute atomic E-state index is 0.473. The topological polar surface area (TPSA) is 48.1 Å². The highest BCUT2D eigenvalue weighted by Gasteiger charge is 2.36. The highest BCUT2D eigenvalue weighted by atomic mass is 19.4. The second-order valence-corrected chi connectivity index (χ2v) is 2.81. The number of nitrogens with zero attached hydrogens (tertiary/aromatic N) is 1. The maximum Gasteiger partial charge on any atom is 0.418 e. The number of methoxy groups -OCH3 is 1. The van der Waals surface area contributed by atoms with Crippen LogP contribution in [0.1, 0.15) is 17.7 Å². The molecule has 0 aliphatic rings. The Kier molecular flexibility index (Phi) is 3.20. The van der Waals surface area contributed by atoms with Gasteiger partial charge in [-0.3, -0.25) is 0 Å². The molecule has 1 rings (SSSR count). The van der Waals surface area contributed by atoms with Crippen LogP contribution in [-0.4, -0.2) is 12.1 Å². The van der Waals surface area contributed by atoms with E-state index in [9.17, 15) is 22.0 Å². The number of rotatable bonds is 2. The van der Waals surface area contributed by atoms with Gasteiger partial charge < -0.3 is 10.5 Å². The molecule has 3 nitrogen and oxygen atoms in total. The Balaban J connectivity index is 3.44. The van der Waals surface area contributed by atoms with Gasteiger partial charge in [0.25, 0.3) is 6.43 Å². The lowest BCUT2D eigenvalue weighted by Crippen LogP contribution is -2.13. The molecule has 0 aliphatic heterocycles. The van der Waals surface area contributed by atoms with Crippen molar-refractivity contribution in [3.8, 4) is 5.88 Å². The molecule has 0 aromatic carbocycles. The number of nitrogen functional groups attached to an aromatic ring is 1. The molecule has 0 spiro atoms. The molecule has 0 radical (unpaired) electrons. The van der Waals surface area contributed by atoms with Gasteiger partial charge in [0.1, 0.15) is 5.69 Å². The molecule has 2 N–H and O–H groups in total. The fourth-order valence-corrected chi connectivity index (χ4v) is 1.06. The molecule has 16 heavy (non-hydrogen) atoms. The number of aromatic nitrogens is 1. The van der Waals surface area contributed by atoms with Gasteiger partial charge in [0, 0.05) is 6.07 Å². The zero-order chi connectivity index (χ0) is 12.5. The number of hydrogen-bond acceptors (Lipinski definition) is 3. The van der Waals surface area contributed by atoms with Crippen molar-refractivity contribution in [3.05, 3.63) is 17.3 Å². The van der Waals surface area contributed by atoms with Crippen molar-refractivity contribution in [2.24, 2.45) is 0 Å². The number of halogens is 5. The lowest BCUT2D eigenvalue weighted by atomic mass is 10.1. The summed E-state index contributed by atoms with van der Waals surface area (Å²) in [5, 5.41) is 0. The predicted octanol–water partition coefficient (Wildman–Crippen LogP) is 2.63. The van der Waals surface area contributed by atoms with Crippen LogP contribution in [-0.2, 0) is 6.18 Å². The smallest absolute Gasteiger partial charge is 0.418 e. The van der Waals surface area contributed by atoms with Crippen LogP contribution in [0.2, 0.25) is 0 Å². The van der Waals surface area contributed by atoms with E-state index in [0.29, 0.717) is 6.07 Å². The Hall–Kier alpha value is -1.60. The summed E-state index contributed by atoms with van der Waals surface area (Å²) in [5.41, 5.74) is 1.38. The predicted molar refractivity (Wildman–Crippen MR) is 45.2 cm³/mol. The van der Waals surface area contributed by atoms with Crippen LogP contribution in [0.3, 0.4) is 0 Å². The third-order valence-corrected chi connectivity index (χ3v) is 1.79. The van der Waals surface area contributed by atoms with Gasteiger partial charge >= 0.3 is 6.18 Å². The Morgan fingerprint density at radius 2 is 1.94 bits per heavy atom. The number of ether oxygens (including phenoxy) is 1. The molecule has 1 heterocycles. The lowest BCUT2D eigenvalue weighted by Gasteiger charge is -2.14. The molecule has 0 fully saturated rings. The molecule has 0 amide bonds. The number of pyridine rings is 1. The van der Waals surface area contributed by atoms with Crippen LogP contribution in [0.25, 0.3) is 0 Å². The second kappa shape index (κ2) is 4.11. The fourth-order valence-electron chi connectivity index (χ4n) is 1.06. The van der Waals surface area contributed by atoms with Crippen LogP contribution < -0.4 is 10.5 Å². The van der Waals surface area contributed by atoms with E-state index in [1.54, 1.807) is 0 Å². The zero-order valence-electron chi connectivity index (χ0n) is 7.98. The monoisotopic (exact) mass is 242 g/mol. The molecule has 1 aromatic heterocycles. The first-order valence-electron chi connectivity index (χ1n) is 3.97. The van der Waals surface area contributed by atoms with Crippen LogP contribution in [0.5, 0.6) is 5.88 Å². The molecule has 0 aliphatic carbocycles. The first-order chi connectivity index (χ1) is 7.27. The van der Waals surface area contributed by atoms with Crippen LogP contribution in [0.4, 0.5) is 27.6 Å². The summed E-state index contributed by atoms with van der Waals surface area (Å²) in [4.78, 5) is 3.17. The molecular formula is C8H7F5N2O. The molecule has 90 valence electrons. The molecule has 0 unspecified atom stereocenters. The van der Waals surface area contributed by atoms with Crippen molar-refractivity contribution in [1.82, 2.24) is 4.98 Å². The average molecular weight is 242 g/mol. The van der Waals surface area contributed by atoms with Gasteiger partial charge in [0.15, 0.2) is 0 Å². The highest BCUT2D eigenvalue weighted by molar-refractivity contribution is 5.54. The standard InChI is InChI=1S/C8H7F5N2O/c1-16-4-2-3(8(11,12)13)5(14)6(15-4)7(9)10/h2,7H,14H2,1H3. The van der Waals surface area contributed by atoms with Crippen molar-refractivity contribution in [2.75, 3.05) is 12.8 Å². The normalized spacial score (nSPS) is 11.9. The SMILES string of the molecule is COc1cc(C(F)(F)F)c(N)c(C(F)F)n1. The van der Waals surface area contributed by atoms with Crippen LogP contribution in [0.15, 0.2) is 6.07 Å². The zero-order valence-corrected chi connectivity index (χ0v) is 7.98. The molecule has 0 bridgehead atoms. The van der Waals surface area contributed by atoms with Gasteiger partial charge in [-0.05, 0) is 0 Å². The van der Waals surface area contributed by atoms with Gasteiger partial charge in [-0.1, -0.05) is 0 Å². The summed E-state index contributed by atoms with van der Waals surface area (Å²) in [6.07, 6.45) is -8.03. The van der Waals surface area contributed by atoms with Gasteiger partial charge in [0.05, 0.1) is 18.4 Å². The van der Waals surface area contributed by atoms with Crippen molar-refractivity contribution in [3.63, 3.8) is 0 Å². The third kappa shape index (κ3) is 2.31. The summed E-state index contributed by atoms with van der Waals surface area (Å²) in [5.74, 6) is -0.558. The van der Waals surface area contributed by atoms with Gasteiger partial charge in [-0.25, -0.2) is 13.8 Å². The third-order valence-electron chi connectivity index (χ3n) is 1.79. The summed E-state index contributed by atoms with van der Waals surface area (Å²) >= 11 is 0. The van der Waals surface area contributed by atoms with E-state index in [4.69, 9.17) is 5.73 Å². The molecule has 1 aromatic rings. The lowest BCUT2D eigenvalue weighted by molar-refractivity contribution is -0.137. The molecular weight excluding hydrogens is 235 g/mol. The quantitative estimate of drug-likeness (QED) is 0.811. The van der Waals surface area contributed by atoms with E-state index >= 15 is 0 Å². The highest BCUT2D eigenvalue weighted by Crippen LogP contribution is 2.38. The van der Waals surface area contributed by atoms with Gasteiger partial charge in [0.2, 0.25) is 5.88 Å². The maximum absolute atomic E-state index is 12.4. The van der Waals surface area contributed by atoms with E-state index in [2.05, 4.69) is 9.72 Å². The number of alkyl halides is 5. The van der Waals surface area contributed by atoms with Crippen molar-refractivity contribution < 1.29 is 26.7 Å². The number of hydrogen-bond donors (Lipinski definition) is 1. The van der Waals surface area contributed by atoms with E-state index in [0.717, 1.165) is 7.11 Å². The first-order valence-corrected chi connectivity index (χ1v) is 3.97. The number of anilines is 1. The van der Waals surface area contributed by atoms with Gasteiger partial charge in [-0.2, -0.15) is 13.2 Å². The summed E-state index contributed by atoms with van der Waals surface area (Å²) in [6, 6.07) is 0.473. The first kappa shape index (κ1) is 12.5. The maximum atomic E-state index is 12.4.